The Hall–Kier alpha value is -3.02. The van der Waals surface area contributed by atoms with Crippen molar-refractivity contribution in [2.45, 2.75) is 0 Å². The predicted molar refractivity (Wildman–Crippen MR) is 77.8 cm³/mol. The summed E-state index contributed by atoms with van der Waals surface area (Å²) in [5, 5.41) is 4.10. The van der Waals surface area contributed by atoms with Crippen molar-refractivity contribution in [3.63, 3.8) is 0 Å². The minimum absolute atomic E-state index is 0.122. The van der Waals surface area contributed by atoms with Crippen LogP contribution in [-0.2, 0) is 4.84 Å². The summed E-state index contributed by atoms with van der Waals surface area (Å²) in [5.74, 6) is -0.615. The van der Waals surface area contributed by atoms with Gasteiger partial charge in [0.1, 0.15) is 23.7 Å². The Kier molecular flexibility index (Phi) is 3.19. The van der Waals surface area contributed by atoms with E-state index < -0.39 is 5.91 Å². The van der Waals surface area contributed by atoms with Gasteiger partial charge in [-0.15, -0.1) is 0 Å². The average molecular weight is 280 g/mol. The number of aromatic nitrogens is 2. The molecule has 2 aromatic rings. The third-order valence-electron chi connectivity index (χ3n) is 3.03. The molecule has 0 aliphatic heterocycles. The molecule has 104 valence electrons. The van der Waals surface area contributed by atoms with Crippen molar-refractivity contribution in [2.24, 2.45) is 10.9 Å². The van der Waals surface area contributed by atoms with Gasteiger partial charge in [0.2, 0.25) is 0 Å². The monoisotopic (exact) mass is 280 g/mol. The first-order chi connectivity index (χ1) is 10.2. The van der Waals surface area contributed by atoms with Crippen LogP contribution in [0.5, 0.6) is 0 Å². The second-order valence-corrected chi connectivity index (χ2v) is 4.39. The molecule has 6 heteroatoms. The van der Waals surface area contributed by atoms with E-state index in [0.29, 0.717) is 23.7 Å². The molecule has 1 aromatic heterocycles. The molecule has 6 nitrogen and oxygen atoms in total. The Morgan fingerprint density at radius 3 is 2.81 bits per heavy atom. The third kappa shape index (κ3) is 2.16. The summed E-state index contributed by atoms with van der Waals surface area (Å²) in [4.78, 5) is 25.0. The summed E-state index contributed by atoms with van der Waals surface area (Å²) in [6.45, 7) is 3.87. The molecular weight excluding hydrogens is 268 g/mol. The molecule has 0 atom stereocenters. The molecule has 0 saturated heterocycles. The van der Waals surface area contributed by atoms with E-state index in [4.69, 9.17) is 10.6 Å². The van der Waals surface area contributed by atoms with E-state index >= 15 is 0 Å². The van der Waals surface area contributed by atoms with Crippen molar-refractivity contribution in [2.75, 3.05) is 6.61 Å². The van der Waals surface area contributed by atoms with Gasteiger partial charge in [-0.2, -0.15) is 0 Å². The molecule has 3 rings (SSSR count). The van der Waals surface area contributed by atoms with Gasteiger partial charge in [-0.25, -0.2) is 9.97 Å². The molecular formula is C15H12N4O2. The van der Waals surface area contributed by atoms with Crippen molar-refractivity contribution >= 4 is 11.6 Å². The van der Waals surface area contributed by atoms with Gasteiger partial charge in [-0.3, -0.25) is 4.79 Å². The molecule has 1 aliphatic carbocycles. The molecule has 21 heavy (non-hydrogen) atoms. The number of hydrogen-bond acceptors (Lipinski definition) is 5. The molecule has 0 saturated carbocycles. The van der Waals surface area contributed by atoms with Crippen LogP contribution in [0.1, 0.15) is 21.7 Å². The van der Waals surface area contributed by atoms with Gasteiger partial charge in [0.05, 0.1) is 11.9 Å². The van der Waals surface area contributed by atoms with Gasteiger partial charge in [-0.1, -0.05) is 42.1 Å². The first-order valence-corrected chi connectivity index (χ1v) is 6.30. The van der Waals surface area contributed by atoms with Crippen LogP contribution in [0, 0.1) is 0 Å². The topological polar surface area (TPSA) is 90.5 Å². The van der Waals surface area contributed by atoms with Crippen molar-refractivity contribution in [1.82, 2.24) is 9.97 Å². The second-order valence-electron chi connectivity index (χ2n) is 4.39. The zero-order valence-corrected chi connectivity index (χ0v) is 11.1. The van der Waals surface area contributed by atoms with Gasteiger partial charge in [-0.05, 0) is 0 Å². The molecule has 0 bridgehead atoms. The Bertz CT molecular complexity index is 768. The molecule has 2 N–H and O–H groups in total. The second kappa shape index (κ2) is 5.16. The third-order valence-corrected chi connectivity index (χ3v) is 3.03. The number of primary amides is 1. The fourth-order valence-corrected chi connectivity index (χ4v) is 2.14. The van der Waals surface area contributed by atoms with Gasteiger partial charge in [0.15, 0.2) is 0 Å². The summed E-state index contributed by atoms with van der Waals surface area (Å²) >= 11 is 0. The van der Waals surface area contributed by atoms with Crippen LogP contribution in [0.25, 0.3) is 11.3 Å². The maximum Gasteiger partial charge on any atom is 0.268 e. The highest BCUT2D eigenvalue weighted by Crippen LogP contribution is 2.34. The van der Waals surface area contributed by atoms with Crippen LogP contribution in [0.15, 0.2) is 48.3 Å². The summed E-state index contributed by atoms with van der Waals surface area (Å²) in [6.07, 6.45) is 2.95. The van der Waals surface area contributed by atoms with Crippen LogP contribution in [0.4, 0.5) is 0 Å². The van der Waals surface area contributed by atoms with Crippen LogP contribution in [0.3, 0.4) is 0 Å². The van der Waals surface area contributed by atoms with Crippen molar-refractivity contribution in [3.8, 4) is 11.3 Å². The summed E-state index contributed by atoms with van der Waals surface area (Å²) < 4.78 is 0. The number of fused-ring (bicyclic) bond motifs is 3. The van der Waals surface area contributed by atoms with Crippen LogP contribution >= 0.6 is 0 Å². The van der Waals surface area contributed by atoms with Gasteiger partial charge in [0.25, 0.3) is 5.91 Å². The number of nitrogens with two attached hydrogens (primary N) is 1. The molecule has 0 spiro atoms. The summed E-state index contributed by atoms with van der Waals surface area (Å²) in [6, 6.07) is 7.57. The highest BCUT2D eigenvalue weighted by molar-refractivity contribution is 6.22. The zero-order chi connectivity index (χ0) is 14.8. The minimum Gasteiger partial charge on any atom is -0.391 e. The van der Waals surface area contributed by atoms with E-state index in [2.05, 4.69) is 21.7 Å². The quantitative estimate of drug-likeness (QED) is 0.445. The molecule has 0 fully saturated rings. The van der Waals surface area contributed by atoms with Crippen LogP contribution in [-0.4, -0.2) is 28.2 Å². The van der Waals surface area contributed by atoms with E-state index in [0.717, 1.165) is 11.1 Å². The Balaban J connectivity index is 2.16. The number of benzene rings is 1. The maximum absolute atomic E-state index is 11.3. The number of oxime groups is 1. The molecule has 0 radical (unpaired) electrons. The van der Waals surface area contributed by atoms with Crippen molar-refractivity contribution < 1.29 is 9.63 Å². The van der Waals surface area contributed by atoms with Gasteiger partial charge >= 0.3 is 0 Å². The van der Waals surface area contributed by atoms with Crippen LogP contribution < -0.4 is 5.73 Å². The van der Waals surface area contributed by atoms with Crippen LogP contribution in [0.2, 0.25) is 0 Å². The number of rotatable bonds is 4. The van der Waals surface area contributed by atoms with E-state index in [1.54, 1.807) is 6.08 Å². The van der Waals surface area contributed by atoms with Gasteiger partial charge < -0.3 is 10.6 Å². The SMILES string of the molecule is C=CCO/N=C1/c2ccccc2-c2nc(C(N)=O)cnc21. The number of carbonyl (C=O) groups is 1. The molecule has 0 unspecified atom stereocenters. The van der Waals surface area contributed by atoms with E-state index in [-0.39, 0.29) is 5.69 Å². The molecule has 1 aliphatic rings. The average Bonchev–Trinajstić information content (AvgIpc) is 2.81. The summed E-state index contributed by atoms with van der Waals surface area (Å²) in [5.41, 5.74) is 8.83. The van der Waals surface area contributed by atoms with Crippen molar-refractivity contribution in [1.29, 1.82) is 0 Å². The van der Waals surface area contributed by atoms with E-state index in [1.807, 2.05) is 24.3 Å². The highest BCUT2D eigenvalue weighted by Gasteiger charge is 2.29. The first-order valence-electron chi connectivity index (χ1n) is 6.30. The van der Waals surface area contributed by atoms with Gasteiger partial charge in [0, 0.05) is 11.1 Å². The highest BCUT2D eigenvalue weighted by atomic mass is 16.6. The molecule has 1 heterocycles. The lowest BCUT2D eigenvalue weighted by molar-refractivity contribution is 0.0995. The summed E-state index contributed by atoms with van der Waals surface area (Å²) in [7, 11) is 0. The zero-order valence-electron chi connectivity index (χ0n) is 11.1. The standard InChI is InChI=1S/C15H12N4O2/c1-2-7-21-19-13-10-6-4-3-5-9(10)12-14(13)17-8-11(18-12)15(16)20/h2-6,8H,1,7H2,(H2,16,20)/b19-13-. The smallest absolute Gasteiger partial charge is 0.268 e. The maximum atomic E-state index is 11.3. The van der Waals surface area contributed by atoms with Crippen molar-refractivity contribution in [3.05, 3.63) is 60.1 Å². The fourth-order valence-electron chi connectivity index (χ4n) is 2.14. The number of nitrogens with zero attached hydrogens (tertiary/aromatic N) is 3. The normalized spacial score (nSPS) is 13.6. The number of carbonyl (C=O) groups excluding carboxylic acids is 1. The number of hydrogen-bond donors (Lipinski definition) is 1. The Morgan fingerprint density at radius 2 is 2.10 bits per heavy atom. The lowest BCUT2D eigenvalue weighted by atomic mass is 10.1. The van der Waals surface area contributed by atoms with E-state index in [9.17, 15) is 4.79 Å². The lowest BCUT2D eigenvalue weighted by Gasteiger charge is -2.01. The molecule has 1 amide bonds. The Morgan fingerprint density at radius 1 is 1.33 bits per heavy atom. The lowest BCUT2D eigenvalue weighted by Crippen LogP contribution is -2.14. The van der Waals surface area contributed by atoms with E-state index in [1.165, 1.54) is 6.20 Å². The number of amides is 1. The fraction of sp³-hybridized carbons (Fsp3) is 0.0667. The largest absolute Gasteiger partial charge is 0.391 e. The predicted octanol–water partition coefficient (Wildman–Crippen LogP) is 1.51. The first kappa shape index (κ1) is 13.0. The molecule has 1 aromatic carbocycles. The Labute approximate surface area is 121 Å². The minimum atomic E-state index is -0.615.